The lowest BCUT2D eigenvalue weighted by Crippen LogP contribution is -2.53. The first-order valence-electron chi connectivity index (χ1n) is 46.0. The number of benzene rings is 15. The van der Waals surface area contributed by atoms with Crippen LogP contribution in [0.25, 0.3) is 64.6 Å². The van der Waals surface area contributed by atoms with Crippen molar-refractivity contribution in [3.8, 4) is 116 Å². The number of anilines is 2. The summed E-state index contributed by atoms with van der Waals surface area (Å²) >= 11 is 0. The lowest BCUT2D eigenvalue weighted by Gasteiger charge is -2.36. The second-order valence-electron chi connectivity index (χ2n) is 33.6. The molecule has 2 N–H and O–H groups in total. The van der Waals surface area contributed by atoms with Gasteiger partial charge in [-0.05, 0) is 180 Å². The van der Waals surface area contributed by atoms with E-state index >= 15 is 28.8 Å². The summed E-state index contributed by atoms with van der Waals surface area (Å²) in [6.07, 6.45) is 9.01. The van der Waals surface area contributed by atoms with Crippen LogP contribution in [0.2, 0.25) is 0 Å². The summed E-state index contributed by atoms with van der Waals surface area (Å²) in [5, 5.41) is 9.00. The van der Waals surface area contributed by atoms with Crippen LogP contribution in [0.5, 0.6) is 116 Å². The molecule has 2 aliphatic heterocycles. The van der Waals surface area contributed by atoms with Crippen LogP contribution in [0.3, 0.4) is 0 Å². The van der Waals surface area contributed by atoms with Crippen LogP contribution in [0.4, 0.5) is 11.4 Å². The maximum absolute atomic E-state index is 17.3. The minimum absolute atomic E-state index is 0.00827. The van der Waals surface area contributed by atoms with Crippen molar-refractivity contribution in [2.24, 2.45) is 0 Å². The number of imide groups is 2. The molecule has 0 saturated heterocycles. The van der Waals surface area contributed by atoms with Gasteiger partial charge in [0.15, 0.2) is 0 Å². The summed E-state index contributed by atoms with van der Waals surface area (Å²) in [5.74, 6) is -7.84. The molecule has 2 unspecified atom stereocenters. The summed E-state index contributed by atoms with van der Waals surface area (Å²) in [6.45, 7) is 14.0. The van der Waals surface area contributed by atoms with E-state index in [1.807, 2.05) is 60.7 Å². The van der Waals surface area contributed by atoms with Crippen molar-refractivity contribution in [2.75, 3.05) is 10.6 Å². The fourth-order valence-electron chi connectivity index (χ4n) is 17.8. The Hall–Kier alpha value is -20.8. The van der Waals surface area contributed by atoms with Gasteiger partial charge < -0.3 is 67.5 Å². The number of fused-ring (bicyclic) bond motifs is 4. The number of nitrogens with zero attached hydrogens (tertiary/aromatic N) is 6. The molecule has 0 aliphatic carbocycles. The number of nitrogens with one attached hydrogen (secondary N) is 2. The molecule has 148 heavy (non-hydrogen) atoms. The zero-order valence-corrected chi connectivity index (χ0v) is 77.7. The normalized spacial score (nSPS) is 12.4. The molecule has 0 fully saturated rings. The fourth-order valence-corrected chi connectivity index (χ4v) is 17.8. The van der Waals surface area contributed by atoms with Crippen molar-refractivity contribution in [3.05, 3.63) is 424 Å². The van der Waals surface area contributed by atoms with Gasteiger partial charge in [0.05, 0.1) is 22.3 Å². The van der Waals surface area contributed by atoms with Gasteiger partial charge in [-0.3, -0.25) is 38.6 Å². The largest absolute Gasteiger partial charge is 0.457 e. The first kappa shape index (κ1) is 93.5. The smallest absolute Gasteiger partial charge is 0.335 e. The van der Waals surface area contributed by atoms with E-state index in [0.29, 0.717) is 33.3 Å². The van der Waals surface area contributed by atoms with Gasteiger partial charge in [0, 0.05) is 151 Å². The average Bonchev–Trinajstić information content (AvgIpc) is 0.667. The Morgan fingerprint density at radius 2 is 0.507 bits per heavy atom. The van der Waals surface area contributed by atoms with Crippen molar-refractivity contribution < 1.29 is 105 Å². The Kier molecular flexibility index (Phi) is 25.5. The zero-order valence-electron chi connectivity index (χ0n) is 77.7. The van der Waals surface area contributed by atoms with Crippen LogP contribution in [-0.4, -0.2) is 101 Å². The van der Waals surface area contributed by atoms with E-state index in [1.165, 1.54) is 97.6 Å². The van der Waals surface area contributed by atoms with E-state index in [1.54, 1.807) is 182 Å². The number of carbonyl (C=O) groups is 10. The standard InChI is InChI=1S/C118H76N8O22/c1-5-101(127)145-79-49-53-119-97(59-79)141-75-41-33-71(34-42-75)137-93-63-85-105-86(116(134)125(115(85)133)91(57-67-21-11-9-12-22-67)113(131)123-89-31-19-27-69-25-15-17-29-83(69)89)65-95(139-73-37-45-77(46-38-73)143-99-61-81(51-55-121-99)147-103(129)7-3)109-110-96(140-74-39-47-78(48-40-74)144-100-62-82(52-56-122-100)148-104(130)8-4)66-88-106-87(117(135)126(118(88)136)92(58-68-23-13-10-14-24-68)114(132)124-90-32-20-28-70-26-16-18-30-84(70)90)64-94(108(112(106)110)107(93)111(105)109)138-72-35-43-76(44-36-72)142-98-60-80(50-54-120-98)146-102(128)6-2/h5-56,59-66,91-92H,1-4,57-58H2,(H,123,131)(H,124,132). The number of hydrogen-bond donors (Lipinski definition) is 2. The number of aromatic nitrogens is 4. The highest BCUT2D eigenvalue weighted by Gasteiger charge is 2.47. The lowest BCUT2D eigenvalue weighted by molar-refractivity contribution is -0.129. The van der Waals surface area contributed by atoms with Gasteiger partial charge in [0.1, 0.15) is 104 Å². The van der Waals surface area contributed by atoms with Crippen LogP contribution < -0.4 is 67.5 Å². The molecule has 0 radical (unpaired) electrons. The van der Waals surface area contributed by atoms with Crippen LogP contribution in [0.1, 0.15) is 52.6 Å². The SMILES string of the molecule is C=CC(=O)Oc1ccnc(Oc2ccc(Oc3cc4c5c(cc(Oc6ccc(Oc7cc(OC(=O)C=C)ccn7)cc6)c6c7c(Oc8ccc(Oc9cc(OC(=O)C=C)ccn9)cc8)cc8c9c(cc(Oc%10ccc(Oc%11cc(OC(=O)C=C)ccn%11)cc%10)c(c3c56)c97)C(=O)N(C(Cc3ccccc3)C(=O)Nc3cccc5ccccc35)C8=O)C(=O)N(C(Cc3ccccc3)C(=O)Nc3cccc5ccccc35)C4=O)cc2)c1. The second kappa shape index (κ2) is 40.4. The molecule has 0 spiro atoms. The molecule has 0 bridgehead atoms. The van der Waals surface area contributed by atoms with E-state index in [0.717, 1.165) is 44.9 Å². The third-order valence-electron chi connectivity index (χ3n) is 24.3. The Bertz CT molecular complexity index is 7820. The summed E-state index contributed by atoms with van der Waals surface area (Å²) < 4.78 is 76.6. The summed E-state index contributed by atoms with van der Waals surface area (Å²) in [5.41, 5.74) is 0.953. The van der Waals surface area contributed by atoms with Crippen molar-refractivity contribution in [1.82, 2.24) is 29.7 Å². The Morgan fingerprint density at radius 3 is 0.770 bits per heavy atom. The van der Waals surface area contributed by atoms with Crippen LogP contribution in [0.15, 0.2) is 391 Å². The predicted molar refractivity (Wildman–Crippen MR) is 548 cm³/mol. The monoisotopic (exact) mass is 1960 g/mol. The topological polar surface area (TPSA) is 364 Å². The minimum Gasteiger partial charge on any atom is -0.457 e. The predicted octanol–water partition coefficient (Wildman–Crippen LogP) is 24.0. The molecule has 2 aliphatic rings. The zero-order chi connectivity index (χ0) is 102. The summed E-state index contributed by atoms with van der Waals surface area (Å²) in [7, 11) is 0. The number of rotatable bonds is 34. The maximum atomic E-state index is 17.3. The highest BCUT2D eigenvalue weighted by molar-refractivity contribution is 6.45. The number of amides is 6. The van der Waals surface area contributed by atoms with Gasteiger partial charge in [-0.1, -0.05) is 160 Å². The lowest BCUT2D eigenvalue weighted by atomic mass is 9.80. The molecule has 2 atom stereocenters. The first-order chi connectivity index (χ1) is 72.2. The highest BCUT2D eigenvalue weighted by Crippen LogP contribution is 2.59. The molecule has 30 nitrogen and oxygen atoms in total. The van der Waals surface area contributed by atoms with Crippen molar-refractivity contribution in [2.45, 2.75) is 24.9 Å². The molecule has 720 valence electrons. The molecule has 21 rings (SSSR count). The quantitative estimate of drug-likeness (QED) is 0.0124. The van der Waals surface area contributed by atoms with E-state index in [9.17, 15) is 19.2 Å². The van der Waals surface area contributed by atoms with Gasteiger partial charge in [-0.25, -0.2) is 39.1 Å². The Labute approximate surface area is 840 Å². The molecule has 0 saturated carbocycles. The molecule has 30 heteroatoms. The van der Waals surface area contributed by atoms with Gasteiger partial charge in [0.25, 0.3) is 23.6 Å². The fraction of sp³-hybridized carbons (Fsp3) is 0.0339. The van der Waals surface area contributed by atoms with Crippen molar-refractivity contribution in [1.29, 1.82) is 0 Å². The molecule has 6 amide bonds. The number of pyridine rings is 4. The van der Waals surface area contributed by atoms with Crippen molar-refractivity contribution >= 4 is 135 Å². The van der Waals surface area contributed by atoms with Gasteiger partial charge >= 0.3 is 23.9 Å². The molecule has 4 aromatic heterocycles. The number of carbonyl (C=O) groups excluding carboxylic acids is 10. The van der Waals surface area contributed by atoms with Crippen LogP contribution >= 0.6 is 0 Å². The molecule has 15 aromatic carbocycles. The van der Waals surface area contributed by atoms with Crippen LogP contribution in [0, 0.1) is 0 Å². The number of hydrogen-bond acceptors (Lipinski definition) is 26. The second-order valence-corrected chi connectivity index (χ2v) is 33.6. The number of esters is 4. The van der Waals surface area contributed by atoms with E-state index in [-0.39, 0.29) is 194 Å². The number of ether oxygens (including phenoxy) is 12. The molecular formula is C118H76N8O22. The third-order valence-corrected chi connectivity index (χ3v) is 24.3. The summed E-state index contributed by atoms with van der Waals surface area (Å²) in [4.78, 5) is 171. The van der Waals surface area contributed by atoms with Gasteiger partial charge in [0.2, 0.25) is 35.3 Å². The van der Waals surface area contributed by atoms with E-state index in [2.05, 4.69) is 56.9 Å². The Balaban J connectivity index is 0.845. The minimum atomic E-state index is -1.66. The summed E-state index contributed by atoms with van der Waals surface area (Å²) in [6, 6.07) is 81.7. The van der Waals surface area contributed by atoms with Gasteiger partial charge in [-0.15, -0.1) is 0 Å². The molecular weight excluding hydrogens is 1880 g/mol. The maximum Gasteiger partial charge on any atom is 0.335 e. The highest BCUT2D eigenvalue weighted by atomic mass is 16.6. The average molecular weight is 1960 g/mol. The Morgan fingerprint density at radius 1 is 0.264 bits per heavy atom. The van der Waals surface area contributed by atoms with Gasteiger partial charge in [-0.2, -0.15) is 0 Å². The van der Waals surface area contributed by atoms with E-state index in [4.69, 9.17) is 56.8 Å². The molecule has 19 aromatic rings. The third kappa shape index (κ3) is 19.2. The molecule has 6 heterocycles. The van der Waals surface area contributed by atoms with E-state index < -0.39 is 71.4 Å². The van der Waals surface area contributed by atoms with Crippen molar-refractivity contribution in [3.63, 3.8) is 0 Å². The first-order valence-corrected chi connectivity index (χ1v) is 46.0. The van der Waals surface area contributed by atoms with Crippen LogP contribution in [-0.2, 0) is 41.6 Å².